The van der Waals surface area contributed by atoms with Crippen molar-refractivity contribution in [3.8, 4) is 18.1 Å². The molecule has 10 heteroatoms. The van der Waals surface area contributed by atoms with Crippen molar-refractivity contribution in [2.24, 2.45) is 0 Å². The van der Waals surface area contributed by atoms with E-state index in [1.54, 1.807) is 5.92 Å². The molecule has 0 radical (unpaired) electrons. The Morgan fingerprint density at radius 3 is 2.04 bits per heavy atom. The van der Waals surface area contributed by atoms with Crippen LogP contribution in [0.3, 0.4) is 0 Å². The average Bonchev–Trinajstić information content (AvgIpc) is 2.43. The first kappa shape index (κ1) is 20.8. The van der Waals surface area contributed by atoms with Crippen molar-refractivity contribution >= 4 is 16.2 Å². The summed E-state index contributed by atoms with van der Waals surface area (Å²) in [5.41, 5.74) is -2.28. The molecular weight excluding hydrogens is 363 g/mol. The normalized spacial score (nSPS) is 12.0. The van der Waals surface area contributed by atoms with Gasteiger partial charge in [-0.1, -0.05) is 5.92 Å². The lowest BCUT2D eigenvalue weighted by molar-refractivity contribution is 0.0190. The van der Waals surface area contributed by atoms with Gasteiger partial charge in [0.15, 0.2) is 28.1 Å². The minimum absolute atomic E-state index is 0.488. The number of halogens is 3. The highest BCUT2D eigenvalue weighted by Crippen LogP contribution is 2.36. The predicted molar refractivity (Wildman–Crippen MR) is 82.0 cm³/mol. The lowest BCUT2D eigenvalue weighted by Crippen LogP contribution is -2.29. The quantitative estimate of drug-likeness (QED) is 0.349. The number of nitrogens with zero attached hydrogens (tertiary/aromatic N) is 1. The largest absolute Gasteiger partial charge is 0.514 e. The van der Waals surface area contributed by atoms with E-state index in [2.05, 4.69) is 4.74 Å². The van der Waals surface area contributed by atoms with Gasteiger partial charge in [0.2, 0.25) is 10.0 Å². The van der Waals surface area contributed by atoms with Gasteiger partial charge in [0, 0.05) is 14.1 Å². The van der Waals surface area contributed by atoms with Crippen molar-refractivity contribution in [1.82, 2.24) is 4.31 Å². The van der Waals surface area contributed by atoms with Crippen LogP contribution in [-0.2, 0) is 14.8 Å². The summed E-state index contributed by atoms with van der Waals surface area (Å²) < 4.78 is 76.8. The number of hydrogen-bond acceptors (Lipinski definition) is 5. The zero-order valence-corrected chi connectivity index (χ0v) is 14.9. The second-order valence-corrected chi connectivity index (χ2v) is 8.06. The van der Waals surface area contributed by atoms with Gasteiger partial charge in [-0.05, 0) is 20.8 Å². The lowest BCUT2D eigenvalue weighted by Gasteiger charge is -2.21. The van der Waals surface area contributed by atoms with Crippen molar-refractivity contribution in [2.45, 2.75) is 31.3 Å². The van der Waals surface area contributed by atoms with Crippen LogP contribution in [0, 0.1) is 29.8 Å². The maximum absolute atomic E-state index is 14.4. The third-order valence-corrected chi connectivity index (χ3v) is 4.54. The Labute approximate surface area is 143 Å². The fraction of sp³-hybridized carbons (Fsp3) is 0.400. The Morgan fingerprint density at radius 2 is 1.64 bits per heavy atom. The summed E-state index contributed by atoms with van der Waals surface area (Å²) in [5.74, 6) is -5.41. The molecule has 6 nitrogen and oxygen atoms in total. The van der Waals surface area contributed by atoms with Crippen molar-refractivity contribution in [2.75, 3.05) is 14.1 Å². The van der Waals surface area contributed by atoms with E-state index in [-0.39, 0.29) is 0 Å². The van der Waals surface area contributed by atoms with E-state index in [1.165, 1.54) is 20.8 Å². The Bertz CT molecular complexity index is 852. The maximum atomic E-state index is 14.4. The van der Waals surface area contributed by atoms with E-state index in [0.29, 0.717) is 4.31 Å². The molecule has 0 aromatic heterocycles. The van der Waals surface area contributed by atoms with Crippen LogP contribution in [-0.4, -0.2) is 38.6 Å². The standard InChI is InChI=1S/C15H16F3NO5S/c1-7-8-9(16)11(18)13(25(21,22)19(5)6)12(10(8)17)23-14(20)24-15(2,3)4/h1H,2-6H3. The summed E-state index contributed by atoms with van der Waals surface area (Å²) in [5, 5.41) is 0. The van der Waals surface area contributed by atoms with Crippen LogP contribution in [0.4, 0.5) is 18.0 Å². The Kier molecular flexibility index (Phi) is 5.77. The van der Waals surface area contributed by atoms with Gasteiger partial charge >= 0.3 is 6.16 Å². The first-order valence-electron chi connectivity index (χ1n) is 6.74. The molecule has 0 bridgehead atoms. The third kappa shape index (κ3) is 4.24. The van der Waals surface area contributed by atoms with Gasteiger partial charge in [-0.3, -0.25) is 0 Å². The van der Waals surface area contributed by atoms with Crippen LogP contribution < -0.4 is 4.74 Å². The molecule has 0 amide bonds. The molecular formula is C15H16F3NO5S. The average molecular weight is 379 g/mol. The molecule has 0 aliphatic rings. The first-order valence-corrected chi connectivity index (χ1v) is 8.18. The number of terminal acetylenes is 1. The van der Waals surface area contributed by atoms with Gasteiger partial charge < -0.3 is 9.47 Å². The van der Waals surface area contributed by atoms with Crippen molar-refractivity contribution in [3.05, 3.63) is 23.0 Å². The number of benzene rings is 1. The summed E-state index contributed by atoms with van der Waals surface area (Å²) in [6.45, 7) is 4.38. The zero-order chi connectivity index (χ0) is 19.7. The Balaban J connectivity index is 3.73. The fourth-order valence-corrected chi connectivity index (χ4v) is 2.65. The highest BCUT2D eigenvalue weighted by Gasteiger charge is 2.36. The highest BCUT2D eigenvalue weighted by molar-refractivity contribution is 7.89. The number of hydrogen-bond donors (Lipinski definition) is 0. The van der Waals surface area contributed by atoms with Gasteiger partial charge in [0.1, 0.15) is 11.2 Å². The third-order valence-electron chi connectivity index (χ3n) is 2.69. The number of sulfonamides is 1. The van der Waals surface area contributed by atoms with Crippen LogP contribution in [0.1, 0.15) is 26.3 Å². The van der Waals surface area contributed by atoms with Crippen LogP contribution in [0.25, 0.3) is 0 Å². The molecule has 0 saturated heterocycles. The molecule has 0 heterocycles. The second kappa shape index (κ2) is 6.93. The molecule has 0 spiro atoms. The molecule has 1 rings (SSSR count). The zero-order valence-electron chi connectivity index (χ0n) is 14.1. The van der Waals surface area contributed by atoms with Gasteiger partial charge in [0.05, 0.1) is 0 Å². The molecule has 0 aliphatic carbocycles. The fourth-order valence-electron chi connectivity index (χ4n) is 1.60. The SMILES string of the molecule is C#Cc1c(F)c(F)c(S(=O)(=O)N(C)C)c(OC(=O)OC(C)(C)C)c1F. The number of rotatable bonds is 3. The maximum Gasteiger partial charge on any atom is 0.514 e. The monoisotopic (exact) mass is 379 g/mol. The molecule has 0 saturated carbocycles. The van der Waals surface area contributed by atoms with Crippen molar-refractivity contribution in [3.63, 3.8) is 0 Å². The molecule has 1 aromatic rings. The van der Waals surface area contributed by atoms with E-state index >= 15 is 0 Å². The van der Waals surface area contributed by atoms with Crippen molar-refractivity contribution < 1.29 is 35.9 Å². The minimum Gasteiger partial charge on any atom is -0.428 e. The van der Waals surface area contributed by atoms with Gasteiger partial charge in [-0.2, -0.15) is 0 Å². The molecule has 1 aromatic carbocycles. The van der Waals surface area contributed by atoms with E-state index in [1.807, 2.05) is 0 Å². The van der Waals surface area contributed by atoms with Crippen molar-refractivity contribution in [1.29, 1.82) is 0 Å². The van der Waals surface area contributed by atoms with Crippen LogP contribution in [0.2, 0.25) is 0 Å². The Morgan fingerprint density at radius 1 is 1.12 bits per heavy atom. The van der Waals surface area contributed by atoms with Gasteiger partial charge in [0.25, 0.3) is 0 Å². The summed E-state index contributed by atoms with van der Waals surface area (Å²) in [6.07, 6.45) is 3.39. The summed E-state index contributed by atoms with van der Waals surface area (Å²) in [4.78, 5) is 10.2. The summed E-state index contributed by atoms with van der Waals surface area (Å²) >= 11 is 0. The molecule has 0 unspecified atom stereocenters. The van der Waals surface area contributed by atoms with E-state index in [0.717, 1.165) is 14.1 Å². The van der Waals surface area contributed by atoms with E-state index in [9.17, 15) is 26.4 Å². The number of carbonyl (C=O) groups is 1. The van der Waals surface area contributed by atoms with E-state index in [4.69, 9.17) is 11.2 Å². The number of carbonyl (C=O) groups excluding carboxylic acids is 1. The lowest BCUT2D eigenvalue weighted by atomic mass is 10.2. The molecule has 25 heavy (non-hydrogen) atoms. The molecule has 0 N–H and O–H groups in total. The smallest absolute Gasteiger partial charge is 0.428 e. The van der Waals surface area contributed by atoms with Crippen LogP contribution >= 0.6 is 0 Å². The molecule has 0 fully saturated rings. The number of ether oxygens (including phenoxy) is 2. The molecule has 138 valence electrons. The van der Waals surface area contributed by atoms with Gasteiger partial charge in [-0.15, -0.1) is 6.42 Å². The highest BCUT2D eigenvalue weighted by atomic mass is 32.2. The topological polar surface area (TPSA) is 72.9 Å². The molecule has 0 aliphatic heterocycles. The van der Waals surface area contributed by atoms with Crippen LogP contribution in [0.5, 0.6) is 5.75 Å². The van der Waals surface area contributed by atoms with Gasteiger partial charge in [-0.25, -0.2) is 30.7 Å². The summed E-state index contributed by atoms with van der Waals surface area (Å²) in [6, 6.07) is 0. The Hall–Kier alpha value is -2.25. The predicted octanol–water partition coefficient (Wildman–Crippen LogP) is 2.65. The van der Waals surface area contributed by atoms with E-state index < -0.39 is 55.4 Å². The second-order valence-electron chi connectivity index (χ2n) is 5.97. The first-order chi connectivity index (χ1) is 11.2. The molecule has 0 atom stereocenters. The summed E-state index contributed by atoms with van der Waals surface area (Å²) in [7, 11) is -2.73. The minimum atomic E-state index is -4.72. The van der Waals surface area contributed by atoms with Crippen LogP contribution in [0.15, 0.2) is 4.90 Å².